The maximum absolute atomic E-state index is 12.9. The van der Waals surface area contributed by atoms with Crippen LogP contribution < -0.4 is 5.32 Å². The molecule has 1 unspecified atom stereocenters. The van der Waals surface area contributed by atoms with Crippen LogP contribution in [-0.4, -0.2) is 15.6 Å². The molecule has 1 atom stereocenters. The molecular formula is C23H24BrN3O. The summed E-state index contributed by atoms with van der Waals surface area (Å²) in [6.07, 6.45) is 0.513. The van der Waals surface area contributed by atoms with Gasteiger partial charge >= 0.3 is 0 Å². The number of carbonyl (C=O) groups excluding carboxylic acids is 1. The molecular weight excluding hydrogens is 414 g/mol. The molecule has 0 amide bonds. The minimum atomic E-state index is -0.210. The van der Waals surface area contributed by atoms with Crippen LogP contribution in [-0.2, 0) is 6.54 Å². The van der Waals surface area contributed by atoms with Crippen LogP contribution in [0.4, 0.5) is 0 Å². The van der Waals surface area contributed by atoms with Crippen molar-refractivity contribution in [2.75, 3.05) is 0 Å². The first-order valence-electron chi connectivity index (χ1n) is 9.53. The van der Waals surface area contributed by atoms with Crippen molar-refractivity contribution in [1.82, 2.24) is 15.1 Å². The Morgan fingerprint density at radius 2 is 1.82 bits per heavy atom. The van der Waals surface area contributed by atoms with E-state index in [-0.39, 0.29) is 17.2 Å². The highest BCUT2D eigenvalue weighted by Crippen LogP contribution is 2.45. The van der Waals surface area contributed by atoms with E-state index in [0.717, 1.165) is 33.7 Å². The number of hydrogen-bond acceptors (Lipinski definition) is 3. The van der Waals surface area contributed by atoms with Crippen LogP contribution in [0.2, 0.25) is 0 Å². The number of nitrogens with one attached hydrogen (secondary N) is 1. The highest BCUT2D eigenvalue weighted by Gasteiger charge is 2.43. The molecule has 1 aliphatic rings. The molecule has 0 saturated carbocycles. The van der Waals surface area contributed by atoms with Crippen LogP contribution in [0, 0.1) is 12.3 Å². The number of halogens is 1. The van der Waals surface area contributed by atoms with Crippen molar-refractivity contribution in [3.63, 3.8) is 0 Å². The first kappa shape index (κ1) is 19.1. The summed E-state index contributed by atoms with van der Waals surface area (Å²) >= 11 is 3.49. The van der Waals surface area contributed by atoms with Gasteiger partial charge in [0, 0.05) is 17.4 Å². The number of hydrogen-bond donors (Lipinski definition) is 1. The largest absolute Gasteiger partial charge is 0.304 e. The molecule has 0 bridgehead atoms. The maximum atomic E-state index is 12.9. The van der Waals surface area contributed by atoms with E-state index in [0.29, 0.717) is 6.42 Å². The van der Waals surface area contributed by atoms with Gasteiger partial charge in [0.15, 0.2) is 5.78 Å². The van der Waals surface area contributed by atoms with Crippen LogP contribution in [0.3, 0.4) is 0 Å². The maximum Gasteiger partial charge on any atom is 0.167 e. The number of benzene rings is 2. The molecule has 144 valence electrons. The molecule has 1 N–H and O–H groups in total. The number of aryl methyl sites for hydroxylation is 1. The smallest absolute Gasteiger partial charge is 0.167 e. The Labute approximate surface area is 174 Å². The molecule has 1 heterocycles. The summed E-state index contributed by atoms with van der Waals surface area (Å²) in [5.74, 6) is 0.182. The van der Waals surface area contributed by atoms with Gasteiger partial charge in [0.05, 0.1) is 28.7 Å². The third-order valence-corrected chi connectivity index (χ3v) is 6.00. The third-order valence-electron chi connectivity index (χ3n) is 5.47. The van der Waals surface area contributed by atoms with Gasteiger partial charge in [-0.05, 0) is 42.2 Å². The topological polar surface area (TPSA) is 46.9 Å². The van der Waals surface area contributed by atoms with E-state index in [4.69, 9.17) is 5.10 Å². The van der Waals surface area contributed by atoms with Gasteiger partial charge in [-0.3, -0.25) is 4.79 Å². The summed E-state index contributed by atoms with van der Waals surface area (Å²) in [5, 5.41) is 8.46. The summed E-state index contributed by atoms with van der Waals surface area (Å²) < 4.78 is 3.02. The van der Waals surface area contributed by atoms with Crippen LogP contribution in [0.25, 0.3) is 5.69 Å². The summed E-state index contributed by atoms with van der Waals surface area (Å²) in [5.41, 5.74) is 4.53. The van der Waals surface area contributed by atoms with Gasteiger partial charge in [-0.1, -0.05) is 60.1 Å². The monoisotopic (exact) mass is 437 g/mol. The molecule has 1 aliphatic carbocycles. The first-order valence-corrected chi connectivity index (χ1v) is 10.3. The predicted octanol–water partition coefficient (Wildman–Crippen LogP) is 5.39. The number of carbonyl (C=O) groups is 1. The number of nitrogens with zero attached hydrogens (tertiary/aromatic N) is 2. The highest BCUT2D eigenvalue weighted by atomic mass is 79.9. The predicted molar refractivity (Wildman–Crippen MR) is 115 cm³/mol. The number of Topliss-reactive ketones (excluding diaryl/α,β-unsaturated/α-hetero) is 1. The quantitative estimate of drug-likeness (QED) is 0.595. The fraction of sp³-hybridized carbons (Fsp3) is 0.304. The highest BCUT2D eigenvalue weighted by molar-refractivity contribution is 9.10. The zero-order valence-electron chi connectivity index (χ0n) is 16.4. The average molecular weight is 438 g/mol. The summed E-state index contributed by atoms with van der Waals surface area (Å²) in [4.78, 5) is 12.9. The second-order valence-corrected chi connectivity index (χ2v) is 9.04. The van der Waals surface area contributed by atoms with Gasteiger partial charge in [0.2, 0.25) is 0 Å². The summed E-state index contributed by atoms with van der Waals surface area (Å²) in [6, 6.07) is 18.4. The van der Waals surface area contributed by atoms with Crippen molar-refractivity contribution in [2.24, 2.45) is 5.41 Å². The molecule has 0 spiro atoms. The Bertz CT molecular complexity index is 1010. The van der Waals surface area contributed by atoms with E-state index in [9.17, 15) is 4.79 Å². The lowest BCUT2D eigenvalue weighted by atomic mass is 9.71. The van der Waals surface area contributed by atoms with Gasteiger partial charge < -0.3 is 5.32 Å². The Kier molecular flexibility index (Phi) is 4.98. The van der Waals surface area contributed by atoms with E-state index in [2.05, 4.69) is 59.4 Å². The number of para-hydroxylation sites is 1. The second-order valence-electron chi connectivity index (χ2n) is 8.12. The van der Waals surface area contributed by atoms with Crippen LogP contribution in [0.15, 0.2) is 59.1 Å². The second kappa shape index (κ2) is 7.30. The van der Waals surface area contributed by atoms with Crippen LogP contribution >= 0.6 is 15.9 Å². The van der Waals surface area contributed by atoms with Crippen LogP contribution in [0.5, 0.6) is 0 Å². The Hall–Kier alpha value is -2.24. The lowest BCUT2D eigenvalue weighted by molar-refractivity contribution is 0.0859. The van der Waals surface area contributed by atoms with Gasteiger partial charge in [-0.2, -0.15) is 5.10 Å². The Morgan fingerprint density at radius 1 is 1.14 bits per heavy atom. The van der Waals surface area contributed by atoms with Gasteiger partial charge in [-0.15, -0.1) is 0 Å². The molecule has 0 aliphatic heterocycles. The average Bonchev–Trinajstić information content (AvgIpc) is 3.00. The molecule has 28 heavy (non-hydrogen) atoms. The number of ketones is 1. The standard InChI is InChI=1S/C23H24BrN3O/c1-15-20-19(28)13-23(2,3)22(25-14-16-9-11-17(24)12-10-16)21(20)27(26-15)18-7-5-4-6-8-18/h4-12,22,25H,13-14H2,1-3H3. The van der Waals surface area contributed by atoms with E-state index in [1.165, 1.54) is 5.56 Å². The SMILES string of the molecule is Cc1nn(-c2ccccc2)c2c1C(=O)CC(C)(C)C2NCc1ccc(Br)cc1. The van der Waals surface area contributed by atoms with Gasteiger partial charge in [0.1, 0.15) is 0 Å². The molecule has 0 radical (unpaired) electrons. The van der Waals surface area contributed by atoms with Gasteiger partial charge in [0.25, 0.3) is 0 Å². The minimum absolute atomic E-state index is 0.0188. The van der Waals surface area contributed by atoms with E-state index in [1.54, 1.807) is 0 Å². The van der Waals surface area contributed by atoms with Gasteiger partial charge in [-0.25, -0.2) is 4.68 Å². The van der Waals surface area contributed by atoms with E-state index >= 15 is 0 Å². The van der Waals surface area contributed by atoms with Crippen molar-refractivity contribution in [1.29, 1.82) is 0 Å². The molecule has 1 aromatic heterocycles. The van der Waals surface area contributed by atoms with E-state index < -0.39 is 0 Å². The molecule has 4 nitrogen and oxygen atoms in total. The van der Waals surface area contributed by atoms with E-state index in [1.807, 2.05) is 41.9 Å². The van der Waals surface area contributed by atoms with Crippen molar-refractivity contribution >= 4 is 21.7 Å². The summed E-state index contributed by atoms with van der Waals surface area (Å²) in [7, 11) is 0. The fourth-order valence-corrected chi connectivity index (χ4v) is 4.36. The number of rotatable bonds is 4. The van der Waals surface area contributed by atoms with Crippen molar-refractivity contribution in [3.05, 3.63) is 81.6 Å². The lowest BCUT2D eigenvalue weighted by Crippen LogP contribution is -2.41. The molecule has 3 aromatic rings. The number of fused-ring (bicyclic) bond motifs is 1. The zero-order valence-corrected chi connectivity index (χ0v) is 18.0. The Balaban J connectivity index is 1.77. The summed E-state index contributed by atoms with van der Waals surface area (Å²) in [6.45, 7) is 6.98. The fourth-order valence-electron chi connectivity index (χ4n) is 4.09. The molecule has 4 rings (SSSR count). The van der Waals surface area contributed by atoms with Crippen LogP contribution in [0.1, 0.15) is 53.6 Å². The van der Waals surface area contributed by atoms with Crippen molar-refractivity contribution in [2.45, 2.75) is 39.8 Å². The molecule has 0 saturated heterocycles. The first-order chi connectivity index (χ1) is 13.4. The normalized spacial score (nSPS) is 18.1. The molecule has 0 fully saturated rings. The minimum Gasteiger partial charge on any atom is -0.304 e. The lowest BCUT2D eigenvalue weighted by Gasteiger charge is -2.39. The Morgan fingerprint density at radius 3 is 2.50 bits per heavy atom. The third kappa shape index (κ3) is 3.45. The number of aromatic nitrogens is 2. The van der Waals surface area contributed by atoms with Crippen molar-refractivity contribution < 1.29 is 4.79 Å². The zero-order chi connectivity index (χ0) is 19.9. The molecule has 2 aromatic carbocycles. The molecule has 5 heteroatoms. The van der Waals surface area contributed by atoms with Crippen molar-refractivity contribution in [3.8, 4) is 5.69 Å².